The van der Waals surface area contributed by atoms with Crippen molar-refractivity contribution in [1.82, 2.24) is 0 Å². The highest BCUT2D eigenvalue weighted by Crippen LogP contribution is 2.29. The van der Waals surface area contributed by atoms with E-state index in [0.717, 1.165) is 13.8 Å². The Balaban J connectivity index is 1.20. The molecule has 0 aliphatic rings. The molecule has 2 unspecified atom stereocenters. The van der Waals surface area contributed by atoms with Crippen LogP contribution < -0.4 is 21.3 Å². The SMILES string of the molecule is CC(=O)C(N=Nc1cc(Cl)cc(C(=O)Nc2ccc(Cl)c(Cl)c2)c1)C(=O)Nc1ccc(NC(=O)C(N=Nc2cc(Cl)cc(C(=O)Nc3ccc(Cl)c(Cl)c3)c2)C(C)=O)cc1. The minimum absolute atomic E-state index is 0.0883. The fraction of sp³-hybridized carbons (Fsp3) is 0.100. The van der Waals surface area contributed by atoms with Crippen LogP contribution >= 0.6 is 69.6 Å². The van der Waals surface area contributed by atoms with E-state index in [1.54, 1.807) is 12.1 Å². The predicted molar refractivity (Wildman–Crippen MR) is 233 cm³/mol. The lowest BCUT2D eigenvalue weighted by molar-refractivity contribution is -0.127. The van der Waals surface area contributed by atoms with Gasteiger partial charge in [0, 0.05) is 43.9 Å². The average molecular weight is 929 g/mol. The van der Waals surface area contributed by atoms with Crippen LogP contribution in [0.5, 0.6) is 0 Å². The van der Waals surface area contributed by atoms with Crippen molar-refractivity contribution >= 4 is 139 Å². The van der Waals surface area contributed by atoms with Crippen molar-refractivity contribution in [2.75, 3.05) is 21.3 Å². The molecule has 14 nitrogen and oxygen atoms in total. The molecule has 0 spiro atoms. The van der Waals surface area contributed by atoms with Gasteiger partial charge in [0.15, 0.2) is 11.6 Å². The molecule has 0 aliphatic heterocycles. The lowest BCUT2D eigenvalue weighted by atomic mass is 10.1. The van der Waals surface area contributed by atoms with Crippen molar-refractivity contribution in [3.05, 3.63) is 138 Å². The second-order valence-electron chi connectivity index (χ2n) is 12.6. The molecule has 5 aromatic carbocycles. The van der Waals surface area contributed by atoms with E-state index in [-0.39, 0.29) is 54.0 Å². The van der Waals surface area contributed by atoms with E-state index < -0.39 is 47.3 Å². The van der Waals surface area contributed by atoms with Crippen LogP contribution in [0.1, 0.15) is 34.6 Å². The van der Waals surface area contributed by atoms with Gasteiger partial charge < -0.3 is 21.3 Å². The van der Waals surface area contributed by atoms with Crippen molar-refractivity contribution in [3.8, 4) is 0 Å². The number of hydrogen-bond acceptors (Lipinski definition) is 10. The monoisotopic (exact) mass is 926 g/mol. The van der Waals surface area contributed by atoms with E-state index in [1.807, 2.05) is 0 Å². The van der Waals surface area contributed by atoms with Gasteiger partial charge in [-0.1, -0.05) is 69.6 Å². The highest BCUT2D eigenvalue weighted by Gasteiger charge is 2.25. The number of carbonyl (C=O) groups is 6. The zero-order valence-electron chi connectivity index (χ0n) is 30.9. The van der Waals surface area contributed by atoms with E-state index in [9.17, 15) is 28.8 Å². The number of nitrogens with one attached hydrogen (secondary N) is 4. The zero-order chi connectivity index (χ0) is 43.7. The summed E-state index contributed by atoms with van der Waals surface area (Å²) in [4.78, 5) is 76.9. The Hall–Kier alpha value is -5.74. The van der Waals surface area contributed by atoms with Gasteiger partial charge in [-0.2, -0.15) is 20.5 Å². The number of rotatable bonds is 14. The number of nitrogens with zero attached hydrogens (tertiary/aromatic N) is 4. The maximum atomic E-state index is 13.1. The Bertz CT molecular complexity index is 2410. The first-order valence-electron chi connectivity index (χ1n) is 17.1. The van der Waals surface area contributed by atoms with Crippen LogP contribution in [0.15, 0.2) is 118 Å². The maximum Gasteiger partial charge on any atom is 0.258 e. The summed E-state index contributed by atoms with van der Waals surface area (Å²) < 4.78 is 0. The van der Waals surface area contributed by atoms with Gasteiger partial charge in [-0.05, 0) is 111 Å². The van der Waals surface area contributed by atoms with Crippen LogP contribution in [0.4, 0.5) is 34.1 Å². The largest absolute Gasteiger partial charge is 0.324 e. The van der Waals surface area contributed by atoms with E-state index in [4.69, 9.17) is 69.6 Å². The number of benzene rings is 5. The lowest BCUT2D eigenvalue weighted by Crippen LogP contribution is -2.32. The Morgan fingerprint density at radius 3 is 1.12 bits per heavy atom. The van der Waals surface area contributed by atoms with Crippen LogP contribution in [0.3, 0.4) is 0 Å². The summed E-state index contributed by atoms with van der Waals surface area (Å²) in [6.07, 6.45) is 0. The van der Waals surface area contributed by atoms with Gasteiger partial charge in [-0.25, -0.2) is 0 Å². The molecule has 306 valence electrons. The number of hydrogen-bond donors (Lipinski definition) is 4. The van der Waals surface area contributed by atoms with Crippen LogP contribution in [-0.2, 0) is 19.2 Å². The average Bonchev–Trinajstić information content (AvgIpc) is 3.18. The standard InChI is InChI=1S/C40H28Cl6N8O6/c1-19(55)35(53-51-29-13-21(11-23(41)15-29)37(57)49-27-7-9-31(43)33(45)17-27)39(59)47-25-3-5-26(6-4-25)48-40(60)36(20(2)56)54-52-30-14-22(12-24(42)16-30)38(58)50-28-8-10-32(44)34(46)18-28/h3-18,35-36H,1-2H3,(H,47,59)(H,48,60)(H,49,57)(H,50,58). The summed E-state index contributed by atoms with van der Waals surface area (Å²) in [5, 5.41) is 27.6. The first-order valence-corrected chi connectivity index (χ1v) is 19.4. The number of halogens is 6. The van der Waals surface area contributed by atoms with Gasteiger partial charge in [-0.3, -0.25) is 28.8 Å². The molecule has 0 bridgehead atoms. The molecule has 5 rings (SSSR count). The molecular weight excluding hydrogens is 901 g/mol. The third kappa shape index (κ3) is 12.6. The van der Waals surface area contributed by atoms with Crippen LogP contribution in [0, 0.1) is 0 Å². The third-order valence-corrected chi connectivity index (χ3v) is 9.82. The first kappa shape index (κ1) is 45.3. The Morgan fingerprint density at radius 2 is 0.783 bits per heavy atom. The molecule has 0 saturated heterocycles. The minimum Gasteiger partial charge on any atom is -0.324 e. The fourth-order valence-electron chi connectivity index (χ4n) is 5.02. The van der Waals surface area contributed by atoms with Gasteiger partial charge >= 0.3 is 0 Å². The molecular formula is C40H28Cl6N8O6. The van der Waals surface area contributed by atoms with E-state index in [1.165, 1.54) is 84.9 Å². The molecule has 4 N–H and O–H groups in total. The van der Waals surface area contributed by atoms with E-state index >= 15 is 0 Å². The highest BCUT2D eigenvalue weighted by atomic mass is 35.5. The number of anilines is 4. The van der Waals surface area contributed by atoms with E-state index in [2.05, 4.69) is 41.7 Å². The van der Waals surface area contributed by atoms with Crippen LogP contribution in [0.25, 0.3) is 0 Å². The second-order valence-corrected chi connectivity index (χ2v) is 15.1. The van der Waals surface area contributed by atoms with Crippen LogP contribution in [-0.4, -0.2) is 47.3 Å². The molecule has 20 heteroatoms. The summed E-state index contributed by atoms with van der Waals surface area (Å²) in [5.41, 5.74) is 1.60. The molecule has 0 aliphatic carbocycles. The normalized spacial score (nSPS) is 12.1. The molecule has 0 saturated carbocycles. The number of azo groups is 2. The predicted octanol–water partition coefficient (Wildman–Crippen LogP) is 11.5. The van der Waals surface area contributed by atoms with Gasteiger partial charge in [0.05, 0.1) is 31.5 Å². The molecule has 0 radical (unpaired) electrons. The maximum absolute atomic E-state index is 13.1. The van der Waals surface area contributed by atoms with Gasteiger partial charge in [0.25, 0.3) is 23.6 Å². The van der Waals surface area contributed by atoms with Crippen molar-refractivity contribution in [2.24, 2.45) is 20.5 Å². The molecule has 0 heterocycles. The Morgan fingerprint density at radius 1 is 0.433 bits per heavy atom. The van der Waals surface area contributed by atoms with E-state index in [0.29, 0.717) is 21.4 Å². The molecule has 60 heavy (non-hydrogen) atoms. The molecule has 4 amide bonds. The van der Waals surface area contributed by atoms with Crippen molar-refractivity contribution < 1.29 is 28.8 Å². The summed E-state index contributed by atoms with van der Waals surface area (Å²) in [5.74, 6) is -4.02. The number of carbonyl (C=O) groups excluding carboxylic acids is 6. The highest BCUT2D eigenvalue weighted by molar-refractivity contribution is 6.42. The zero-order valence-corrected chi connectivity index (χ0v) is 35.4. The Kier molecular flexibility index (Phi) is 15.5. The van der Waals surface area contributed by atoms with Gasteiger partial charge in [0.1, 0.15) is 0 Å². The van der Waals surface area contributed by atoms with Gasteiger partial charge in [0.2, 0.25) is 12.1 Å². The smallest absolute Gasteiger partial charge is 0.258 e. The molecule has 5 aromatic rings. The van der Waals surface area contributed by atoms with Crippen LogP contribution in [0.2, 0.25) is 30.1 Å². The summed E-state index contributed by atoms with van der Waals surface area (Å²) in [7, 11) is 0. The van der Waals surface area contributed by atoms with Crippen molar-refractivity contribution in [1.29, 1.82) is 0 Å². The number of ketones is 2. The van der Waals surface area contributed by atoms with Gasteiger partial charge in [-0.15, -0.1) is 0 Å². The molecule has 0 aromatic heterocycles. The number of Topliss-reactive ketones (excluding diaryl/α,β-unsaturated/α-hetero) is 2. The molecule has 0 fully saturated rings. The molecule has 2 atom stereocenters. The Labute approximate surface area is 371 Å². The topological polar surface area (TPSA) is 200 Å². The third-order valence-electron chi connectivity index (χ3n) is 7.91. The summed E-state index contributed by atoms with van der Waals surface area (Å²) in [6.45, 7) is 2.31. The minimum atomic E-state index is -1.58. The summed E-state index contributed by atoms with van der Waals surface area (Å²) >= 11 is 36.4. The first-order chi connectivity index (χ1) is 28.4. The second kappa shape index (κ2) is 20.5. The fourth-order valence-corrected chi connectivity index (χ4v) is 6.08. The quantitative estimate of drug-likeness (QED) is 0.0630. The lowest BCUT2D eigenvalue weighted by Gasteiger charge is -2.12. The van der Waals surface area contributed by atoms with Crippen molar-refractivity contribution in [2.45, 2.75) is 25.9 Å². The van der Waals surface area contributed by atoms with Crippen molar-refractivity contribution in [3.63, 3.8) is 0 Å². The number of amides is 4. The summed E-state index contributed by atoms with van der Waals surface area (Å²) in [6, 6.07) is 19.9.